The molecule has 1 aromatic heterocycles. The van der Waals surface area contributed by atoms with E-state index in [-0.39, 0.29) is 23.7 Å². The zero-order valence-electron chi connectivity index (χ0n) is 13.2. The maximum Gasteiger partial charge on any atom is 0.223 e. The van der Waals surface area contributed by atoms with E-state index in [1.807, 2.05) is 17.3 Å². The van der Waals surface area contributed by atoms with Crippen molar-refractivity contribution in [2.24, 2.45) is 0 Å². The average molecular weight is 324 g/mol. The first-order valence-corrected chi connectivity index (χ1v) is 8.85. The monoisotopic (exact) mass is 324 g/mol. The lowest BCUT2D eigenvalue weighted by atomic mass is 9.79. The van der Waals surface area contributed by atoms with Crippen LogP contribution in [0.15, 0.2) is 5.51 Å². The lowest BCUT2D eigenvalue weighted by Crippen LogP contribution is -2.52. The standard InChI is InChI=1S/C16H24N2O3S/c1-11-13(22-10-17-11)3-4-15(20)18-8-7-16(21-2)6-5-12(19)9-14(16)18/h10,12,14,19H,3-9H2,1-2H3/t12-,14-,16+/m0/s1. The Kier molecular flexibility index (Phi) is 4.52. The van der Waals surface area contributed by atoms with Crippen molar-refractivity contribution in [2.75, 3.05) is 13.7 Å². The molecular weight excluding hydrogens is 300 g/mol. The topological polar surface area (TPSA) is 62.7 Å². The maximum absolute atomic E-state index is 12.6. The number of carbonyl (C=O) groups is 1. The van der Waals surface area contributed by atoms with Crippen LogP contribution in [0.25, 0.3) is 0 Å². The molecule has 1 amide bonds. The van der Waals surface area contributed by atoms with Gasteiger partial charge >= 0.3 is 0 Å². The van der Waals surface area contributed by atoms with E-state index in [0.717, 1.165) is 37.9 Å². The van der Waals surface area contributed by atoms with Crippen molar-refractivity contribution in [3.8, 4) is 0 Å². The maximum atomic E-state index is 12.6. The number of rotatable bonds is 4. The van der Waals surface area contributed by atoms with Gasteiger partial charge in [-0.25, -0.2) is 4.98 Å². The van der Waals surface area contributed by atoms with Crippen LogP contribution in [0.5, 0.6) is 0 Å². The summed E-state index contributed by atoms with van der Waals surface area (Å²) in [6, 6.07) is 0.0244. The average Bonchev–Trinajstić information content (AvgIpc) is 3.09. The number of fused-ring (bicyclic) bond motifs is 1. The molecule has 2 fully saturated rings. The van der Waals surface area contributed by atoms with Crippen LogP contribution in [0.1, 0.15) is 42.7 Å². The van der Waals surface area contributed by atoms with E-state index in [9.17, 15) is 9.90 Å². The molecule has 3 rings (SSSR count). The van der Waals surface area contributed by atoms with Gasteiger partial charge in [-0.05, 0) is 39.0 Å². The molecule has 2 heterocycles. The number of amides is 1. The van der Waals surface area contributed by atoms with E-state index in [1.165, 1.54) is 4.88 Å². The molecule has 0 radical (unpaired) electrons. The summed E-state index contributed by atoms with van der Waals surface area (Å²) in [7, 11) is 1.74. The van der Waals surface area contributed by atoms with Gasteiger partial charge in [-0.1, -0.05) is 0 Å². The largest absolute Gasteiger partial charge is 0.393 e. The van der Waals surface area contributed by atoms with Crippen LogP contribution < -0.4 is 0 Å². The summed E-state index contributed by atoms with van der Waals surface area (Å²) in [5, 5.41) is 9.98. The molecule has 6 heteroatoms. The Hall–Kier alpha value is -0.980. The smallest absolute Gasteiger partial charge is 0.223 e. The third kappa shape index (κ3) is 2.79. The highest BCUT2D eigenvalue weighted by molar-refractivity contribution is 7.09. The number of methoxy groups -OCH3 is 1. The number of thiazole rings is 1. The van der Waals surface area contributed by atoms with Crippen LogP contribution in [0, 0.1) is 6.92 Å². The molecule has 5 nitrogen and oxygen atoms in total. The molecule has 0 spiro atoms. The third-order valence-electron chi connectivity index (χ3n) is 5.29. The number of aryl methyl sites for hydroxylation is 2. The molecule has 0 unspecified atom stereocenters. The molecule has 1 aliphatic heterocycles. The molecule has 0 bridgehead atoms. The Balaban J connectivity index is 1.66. The Morgan fingerprint density at radius 3 is 3.09 bits per heavy atom. The van der Waals surface area contributed by atoms with Gasteiger partial charge < -0.3 is 14.7 Å². The molecule has 1 N–H and O–H groups in total. The van der Waals surface area contributed by atoms with Crippen molar-refractivity contribution in [2.45, 2.75) is 63.2 Å². The van der Waals surface area contributed by atoms with E-state index in [2.05, 4.69) is 4.98 Å². The number of hydrogen-bond donors (Lipinski definition) is 1. The van der Waals surface area contributed by atoms with E-state index in [0.29, 0.717) is 12.8 Å². The lowest BCUT2D eigenvalue weighted by molar-refractivity contribution is -0.139. The van der Waals surface area contributed by atoms with Gasteiger partial charge in [0.05, 0.1) is 29.0 Å². The summed E-state index contributed by atoms with van der Waals surface area (Å²) in [5.74, 6) is 0.172. The van der Waals surface area contributed by atoms with E-state index >= 15 is 0 Å². The minimum atomic E-state index is -0.314. The molecule has 2 aliphatic rings. The van der Waals surface area contributed by atoms with Gasteiger partial charge in [0, 0.05) is 25.0 Å². The highest BCUT2D eigenvalue weighted by Crippen LogP contribution is 2.42. The number of hydrogen-bond acceptors (Lipinski definition) is 5. The highest BCUT2D eigenvalue weighted by Gasteiger charge is 2.52. The minimum absolute atomic E-state index is 0.0244. The minimum Gasteiger partial charge on any atom is -0.393 e. The van der Waals surface area contributed by atoms with Crippen LogP contribution >= 0.6 is 11.3 Å². The first-order valence-electron chi connectivity index (χ1n) is 7.97. The van der Waals surface area contributed by atoms with Gasteiger partial charge in [0.25, 0.3) is 0 Å². The quantitative estimate of drug-likeness (QED) is 0.919. The van der Waals surface area contributed by atoms with Crippen LogP contribution in [0.2, 0.25) is 0 Å². The first-order chi connectivity index (χ1) is 10.6. The Labute approximate surface area is 135 Å². The molecule has 1 aliphatic carbocycles. The molecule has 122 valence electrons. The normalized spacial score (nSPS) is 31.3. The van der Waals surface area contributed by atoms with Crippen molar-refractivity contribution in [1.29, 1.82) is 0 Å². The Morgan fingerprint density at radius 1 is 1.59 bits per heavy atom. The summed E-state index contributed by atoms with van der Waals surface area (Å²) >= 11 is 1.61. The van der Waals surface area contributed by atoms with Crippen molar-refractivity contribution in [3.63, 3.8) is 0 Å². The fourth-order valence-corrected chi connectivity index (χ4v) is 4.69. The summed E-state index contributed by atoms with van der Waals surface area (Å²) in [5.41, 5.74) is 2.62. The van der Waals surface area contributed by atoms with E-state index in [1.54, 1.807) is 18.4 Å². The lowest BCUT2D eigenvalue weighted by Gasteiger charge is -2.42. The van der Waals surface area contributed by atoms with Crippen LogP contribution in [0.3, 0.4) is 0 Å². The SMILES string of the molecule is CO[C@@]12CC[C@H](O)C[C@@H]1N(C(=O)CCc1scnc1C)CC2. The molecule has 1 saturated heterocycles. The van der Waals surface area contributed by atoms with E-state index in [4.69, 9.17) is 4.74 Å². The van der Waals surface area contributed by atoms with Crippen LogP contribution in [-0.2, 0) is 16.0 Å². The van der Waals surface area contributed by atoms with Gasteiger partial charge in [0.2, 0.25) is 5.91 Å². The van der Waals surface area contributed by atoms with Crippen LogP contribution in [0.4, 0.5) is 0 Å². The fraction of sp³-hybridized carbons (Fsp3) is 0.750. The second-order valence-corrected chi connectivity index (χ2v) is 7.35. The Morgan fingerprint density at radius 2 is 2.41 bits per heavy atom. The number of aliphatic hydroxyl groups is 1. The number of likely N-dealkylation sites (tertiary alicyclic amines) is 1. The summed E-state index contributed by atoms with van der Waals surface area (Å²) in [4.78, 5) is 20.0. The third-order valence-corrected chi connectivity index (χ3v) is 6.29. The van der Waals surface area contributed by atoms with Gasteiger partial charge in [0.1, 0.15) is 0 Å². The zero-order chi connectivity index (χ0) is 15.7. The number of aromatic nitrogens is 1. The van der Waals surface area contributed by atoms with Crippen molar-refractivity contribution in [1.82, 2.24) is 9.88 Å². The Bertz CT molecular complexity index is 547. The van der Waals surface area contributed by atoms with E-state index < -0.39 is 0 Å². The van der Waals surface area contributed by atoms with Gasteiger partial charge in [-0.15, -0.1) is 11.3 Å². The summed E-state index contributed by atoms with van der Waals surface area (Å²) < 4.78 is 5.79. The summed E-state index contributed by atoms with van der Waals surface area (Å²) in [6.07, 6.45) is 4.08. The second-order valence-electron chi connectivity index (χ2n) is 6.41. The van der Waals surface area contributed by atoms with Gasteiger partial charge in [-0.2, -0.15) is 0 Å². The van der Waals surface area contributed by atoms with Gasteiger partial charge in [-0.3, -0.25) is 4.79 Å². The molecular formula is C16H24N2O3S. The van der Waals surface area contributed by atoms with Crippen LogP contribution in [-0.4, -0.2) is 52.3 Å². The number of ether oxygens (including phenoxy) is 1. The van der Waals surface area contributed by atoms with Crippen molar-refractivity contribution >= 4 is 17.2 Å². The van der Waals surface area contributed by atoms with Crippen molar-refractivity contribution in [3.05, 3.63) is 16.1 Å². The molecule has 1 aromatic rings. The van der Waals surface area contributed by atoms with Gasteiger partial charge in [0.15, 0.2) is 0 Å². The fourth-order valence-electron chi connectivity index (χ4n) is 3.91. The second kappa shape index (κ2) is 6.26. The highest BCUT2D eigenvalue weighted by atomic mass is 32.1. The summed E-state index contributed by atoms with van der Waals surface area (Å²) in [6.45, 7) is 2.73. The predicted molar refractivity (Wildman–Crippen MR) is 84.9 cm³/mol. The zero-order valence-corrected chi connectivity index (χ0v) is 14.1. The number of nitrogens with zero attached hydrogens (tertiary/aromatic N) is 2. The number of carbonyl (C=O) groups excluding carboxylic acids is 1. The molecule has 1 saturated carbocycles. The predicted octanol–water partition coefficient (Wildman–Crippen LogP) is 1.92. The first kappa shape index (κ1) is 15.9. The number of aliphatic hydroxyl groups excluding tert-OH is 1. The molecule has 0 aromatic carbocycles. The molecule has 3 atom stereocenters. The van der Waals surface area contributed by atoms with Crippen molar-refractivity contribution < 1.29 is 14.6 Å². The molecule has 22 heavy (non-hydrogen) atoms.